The molecule has 37 heavy (non-hydrogen) atoms. The van der Waals surface area contributed by atoms with Crippen LogP contribution >= 0.6 is 0 Å². The van der Waals surface area contributed by atoms with Crippen molar-refractivity contribution in [3.63, 3.8) is 0 Å². The van der Waals surface area contributed by atoms with Gasteiger partial charge in [-0.2, -0.15) is 0 Å². The Morgan fingerprint density at radius 1 is 0.649 bits per heavy atom. The lowest BCUT2D eigenvalue weighted by atomic mass is 9.76. The van der Waals surface area contributed by atoms with Gasteiger partial charge in [-0.15, -0.1) is 0 Å². The van der Waals surface area contributed by atoms with Crippen LogP contribution in [0.1, 0.15) is 112 Å². The lowest BCUT2D eigenvalue weighted by molar-refractivity contribution is -0.174. The molecule has 0 aliphatic carbocycles. The zero-order chi connectivity index (χ0) is 28.9. The summed E-state index contributed by atoms with van der Waals surface area (Å²) in [5, 5.41) is 40.6. The molecule has 0 bridgehead atoms. The van der Waals surface area contributed by atoms with Crippen LogP contribution in [0.4, 0.5) is 0 Å². The SMILES string of the molecule is CCCCCCCCCCCCCC=C(C)C(C)=C(C(=O)O)C(C(=O)O)(C(=O)O)C(=O)O.CCNCC. The van der Waals surface area contributed by atoms with Crippen molar-refractivity contribution in [3.05, 3.63) is 22.8 Å². The van der Waals surface area contributed by atoms with Gasteiger partial charge in [0.2, 0.25) is 0 Å². The minimum atomic E-state index is -3.58. The first kappa shape index (κ1) is 36.5. The maximum Gasteiger partial charge on any atom is 0.337 e. The summed E-state index contributed by atoms with van der Waals surface area (Å²) in [7, 11) is 0. The molecule has 0 saturated carbocycles. The molecule has 0 saturated heterocycles. The van der Waals surface area contributed by atoms with E-state index in [0.717, 1.165) is 38.8 Å². The smallest absolute Gasteiger partial charge is 0.337 e. The van der Waals surface area contributed by atoms with Gasteiger partial charge >= 0.3 is 23.9 Å². The maximum atomic E-state index is 11.7. The van der Waals surface area contributed by atoms with Gasteiger partial charge in [-0.05, 0) is 45.4 Å². The Morgan fingerprint density at radius 2 is 1.03 bits per heavy atom. The largest absolute Gasteiger partial charge is 0.480 e. The molecule has 5 N–H and O–H groups in total. The number of hydrogen-bond acceptors (Lipinski definition) is 5. The van der Waals surface area contributed by atoms with Crippen molar-refractivity contribution in [1.29, 1.82) is 0 Å². The monoisotopic (exact) mass is 527 g/mol. The number of aliphatic carboxylic acids is 4. The van der Waals surface area contributed by atoms with E-state index in [2.05, 4.69) is 26.1 Å². The molecule has 0 heterocycles. The molecule has 9 heteroatoms. The topological polar surface area (TPSA) is 161 Å². The van der Waals surface area contributed by atoms with E-state index < -0.39 is 34.9 Å². The average molecular weight is 528 g/mol. The third kappa shape index (κ3) is 13.4. The molecular formula is C28H49NO8. The van der Waals surface area contributed by atoms with Crippen molar-refractivity contribution in [1.82, 2.24) is 5.32 Å². The molecule has 0 atom stereocenters. The predicted molar refractivity (Wildman–Crippen MR) is 145 cm³/mol. The van der Waals surface area contributed by atoms with E-state index in [9.17, 15) is 39.6 Å². The number of carboxylic acids is 4. The Bertz CT molecular complexity index is 732. The molecule has 214 valence electrons. The number of allylic oxidation sites excluding steroid dienone is 3. The molecule has 0 aliphatic rings. The van der Waals surface area contributed by atoms with Crippen LogP contribution < -0.4 is 5.32 Å². The van der Waals surface area contributed by atoms with Crippen LogP contribution in [0.25, 0.3) is 0 Å². The first-order valence-electron chi connectivity index (χ1n) is 13.5. The van der Waals surface area contributed by atoms with Crippen LogP contribution in [0.2, 0.25) is 0 Å². The van der Waals surface area contributed by atoms with Gasteiger partial charge < -0.3 is 25.7 Å². The first-order chi connectivity index (χ1) is 17.5. The molecule has 0 rings (SSSR count). The molecule has 9 nitrogen and oxygen atoms in total. The van der Waals surface area contributed by atoms with Crippen LogP contribution in [-0.2, 0) is 19.2 Å². The van der Waals surface area contributed by atoms with E-state index in [1.807, 2.05) is 0 Å². The number of rotatable bonds is 20. The standard InChI is InChI=1S/C24H38O8.C4H11N/c1-4-5-6-7-8-9-10-11-12-13-14-15-16-17(2)18(3)19(20(25)26)24(21(27)28,22(29)30)23(31)32;1-3-5-4-2/h16H,4-15H2,1-3H3,(H,25,26)(H,27,28)(H,29,30)(H,31,32);5H,3-4H2,1-2H3. The van der Waals surface area contributed by atoms with Crippen LogP contribution in [0.3, 0.4) is 0 Å². The van der Waals surface area contributed by atoms with Gasteiger partial charge in [0.05, 0.1) is 5.57 Å². The maximum absolute atomic E-state index is 11.7. The quantitative estimate of drug-likeness (QED) is 0.0562. The van der Waals surface area contributed by atoms with Gasteiger partial charge in [0.15, 0.2) is 0 Å². The van der Waals surface area contributed by atoms with Crippen molar-refractivity contribution in [2.45, 2.75) is 112 Å². The fraction of sp³-hybridized carbons (Fsp3) is 0.714. The summed E-state index contributed by atoms with van der Waals surface area (Å²) in [6.07, 6.45) is 15.3. The zero-order valence-electron chi connectivity index (χ0n) is 23.4. The second kappa shape index (κ2) is 21.4. The fourth-order valence-electron chi connectivity index (χ4n) is 3.92. The van der Waals surface area contributed by atoms with E-state index >= 15 is 0 Å². The summed E-state index contributed by atoms with van der Waals surface area (Å²) >= 11 is 0. The Hall–Kier alpha value is -2.68. The molecular weight excluding hydrogens is 478 g/mol. The number of hydrogen-bond donors (Lipinski definition) is 5. The van der Waals surface area contributed by atoms with Gasteiger partial charge in [-0.3, -0.25) is 0 Å². The minimum Gasteiger partial charge on any atom is -0.480 e. The van der Waals surface area contributed by atoms with Gasteiger partial charge in [-0.1, -0.05) is 96.6 Å². The third-order valence-corrected chi connectivity index (χ3v) is 6.28. The zero-order valence-corrected chi connectivity index (χ0v) is 23.4. The molecule has 0 aromatic heterocycles. The number of carbonyl (C=O) groups is 4. The van der Waals surface area contributed by atoms with Crippen LogP contribution in [0, 0.1) is 5.41 Å². The number of nitrogens with one attached hydrogen (secondary N) is 1. The van der Waals surface area contributed by atoms with Crippen LogP contribution in [0.5, 0.6) is 0 Å². The highest BCUT2D eigenvalue weighted by Gasteiger charge is 2.60. The van der Waals surface area contributed by atoms with Crippen molar-refractivity contribution < 1.29 is 39.6 Å². The van der Waals surface area contributed by atoms with Crippen molar-refractivity contribution in [2.24, 2.45) is 5.41 Å². The third-order valence-electron chi connectivity index (χ3n) is 6.28. The second-order valence-corrected chi connectivity index (χ2v) is 9.14. The summed E-state index contributed by atoms with van der Waals surface area (Å²) in [5.41, 5.74) is -4.57. The summed E-state index contributed by atoms with van der Waals surface area (Å²) < 4.78 is 0. The van der Waals surface area contributed by atoms with Crippen molar-refractivity contribution in [3.8, 4) is 0 Å². The van der Waals surface area contributed by atoms with Crippen molar-refractivity contribution >= 4 is 23.9 Å². The molecule has 0 aromatic carbocycles. The summed E-state index contributed by atoms with van der Waals surface area (Å²) in [6.45, 7) is 11.3. The molecule has 0 fully saturated rings. The van der Waals surface area contributed by atoms with Crippen molar-refractivity contribution in [2.75, 3.05) is 13.1 Å². The molecule has 0 aromatic rings. The predicted octanol–water partition coefficient (Wildman–Crippen LogP) is 5.89. The Morgan fingerprint density at radius 3 is 1.32 bits per heavy atom. The average Bonchev–Trinajstić information content (AvgIpc) is 2.82. The molecule has 0 unspecified atom stereocenters. The highest BCUT2D eigenvalue weighted by molar-refractivity contribution is 6.24. The van der Waals surface area contributed by atoms with E-state index in [1.54, 1.807) is 6.08 Å². The van der Waals surface area contributed by atoms with E-state index in [4.69, 9.17) is 0 Å². The first-order valence-corrected chi connectivity index (χ1v) is 13.5. The van der Waals surface area contributed by atoms with E-state index in [1.165, 1.54) is 58.8 Å². The van der Waals surface area contributed by atoms with Crippen LogP contribution in [-0.4, -0.2) is 57.4 Å². The number of unbranched alkanes of at least 4 members (excludes halogenated alkanes) is 11. The minimum absolute atomic E-state index is 0.173. The molecule has 0 spiro atoms. The Labute approximate surface area is 222 Å². The fourth-order valence-corrected chi connectivity index (χ4v) is 3.92. The van der Waals surface area contributed by atoms with Gasteiger partial charge in [0.1, 0.15) is 0 Å². The summed E-state index contributed by atoms with van der Waals surface area (Å²) in [4.78, 5) is 46.4. The molecule has 0 aliphatic heterocycles. The molecule has 0 radical (unpaired) electrons. The Balaban J connectivity index is 0. The normalized spacial score (nSPS) is 12.3. The van der Waals surface area contributed by atoms with Crippen LogP contribution in [0.15, 0.2) is 22.8 Å². The summed E-state index contributed by atoms with van der Waals surface area (Å²) in [6, 6.07) is 0. The van der Waals surface area contributed by atoms with E-state index in [0.29, 0.717) is 12.0 Å². The Kier molecular flexibility index (Phi) is 21.1. The van der Waals surface area contributed by atoms with Gasteiger partial charge in [0, 0.05) is 0 Å². The lowest BCUT2D eigenvalue weighted by Crippen LogP contribution is -2.50. The summed E-state index contributed by atoms with van der Waals surface area (Å²) in [5.74, 6) is -8.66. The van der Waals surface area contributed by atoms with Gasteiger partial charge in [-0.25, -0.2) is 19.2 Å². The highest BCUT2D eigenvalue weighted by Crippen LogP contribution is 2.34. The van der Waals surface area contributed by atoms with Gasteiger partial charge in [0.25, 0.3) is 5.41 Å². The highest BCUT2D eigenvalue weighted by atomic mass is 16.4. The number of carboxylic acid groups (broad SMARTS) is 4. The van der Waals surface area contributed by atoms with E-state index in [-0.39, 0.29) is 5.57 Å². The lowest BCUT2D eigenvalue weighted by Gasteiger charge is -2.23. The second-order valence-electron chi connectivity index (χ2n) is 9.14. The molecule has 0 amide bonds.